The summed E-state index contributed by atoms with van der Waals surface area (Å²) in [7, 11) is -3.76. The third-order valence-electron chi connectivity index (χ3n) is 3.30. The second kappa shape index (κ2) is 10.5. The maximum atomic E-state index is 11.6. The number of ether oxygens (including phenoxy) is 1. The van der Waals surface area contributed by atoms with E-state index >= 15 is 0 Å². The summed E-state index contributed by atoms with van der Waals surface area (Å²) in [6.45, 7) is 1.88. The molecular weight excluding hydrogens is 362 g/mol. The van der Waals surface area contributed by atoms with Gasteiger partial charge >= 0.3 is 12.0 Å². The number of nitrogens with two attached hydrogens (primary N) is 1. The summed E-state index contributed by atoms with van der Waals surface area (Å²) in [5.41, 5.74) is 0.717. The molecule has 0 heterocycles. The SMILES string of the molecule is CCCCNC(=O)NC(=O)COC(=O)CCc1ccc(S(N)(=O)=O)cc1. The molecule has 0 atom stereocenters. The number of sulfonamides is 1. The summed E-state index contributed by atoms with van der Waals surface area (Å²) in [5.74, 6) is -1.33. The van der Waals surface area contributed by atoms with Crippen LogP contribution in [0.3, 0.4) is 0 Å². The topological polar surface area (TPSA) is 145 Å². The largest absolute Gasteiger partial charge is 0.456 e. The average Bonchev–Trinajstić information content (AvgIpc) is 2.58. The van der Waals surface area contributed by atoms with E-state index in [0.717, 1.165) is 12.8 Å². The number of benzene rings is 1. The molecule has 0 saturated carbocycles. The van der Waals surface area contributed by atoms with Gasteiger partial charge in [0, 0.05) is 13.0 Å². The summed E-state index contributed by atoms with van der Waals surface area (Å²) in [4.78, 5) is 34.4. The first-order valence-corrected chi connectivity index (χ1v) is 9.62. The van der Waals surface area contributed by atoms with E-state index in [-0.39, 0.29) is 11.3 Å². The Labute approximate surface area is 152 Å². The molecule has 0 aliphatic carbocycles. The van der Waals surface area contributed by atoms with Crippen LogP contribution in [0.1, 0.15) is 31.7 Å². The van der Waals surface area contributed by atoms with Crippen molar-refractivity contribution in [2.75, 3.05) is 13.2 Å². The number of imide groups is 1. The van der Waals surface area contributed by atoms with E-state index in [2.05, 4.69) is 10.6 Å². The average molecular weight is 385 g/mol. The molecule has 0 saturated heterocycles. The predicted octanol–water partition coefficient (Wildman–Crippen LogP) is 0.436. The van der Waals surface area contributed by atoms with Gasteiger partial charge in [-0.1, -0.05) is 25.5 Å². The smallest absolute Gasteiger partial charge is 0.321 e. The standard InChI is InChI=1S/C16H23N3O6S/c1-2-3-10-18-16(22)19-14(20)11-25-15(21)9-6-12-4-7-13(8-5-12)26(17,23)24/h4-5,7-8H,2-3,6,9-11H2,1H3,(H2,17,23,24)(H2,18,19,20,22). The van der Waals surface area contributed by atoms with Crippen molar-refractivity contribution in [1.29, 1.82) is 0 Å². The van der Waals surface area contributed by atoms with Crippen molar-refractivity contribution in [1.82, 2.24) is 10.6 Å². The van der Waals surface area contributed by atoms with Gasteiger partial charge in [-0.2, -0.15) is 0 Å². The van der Waals surface area contributed by atoms with Crippen molar-refractivity contribution < 1.29 is 27.5 Å². The van der Waals surface area contributed by atoms with Gasteiger partial charge in [0.1, 0.15) is 0 Å². The number of esters is 1. The first-order chi connectivity index (χ1) is 12.2. The number of carbonyl (C=O) groups excluding carboxylic acids is 3. The molecule has 144 valence electrons. The number of hydrogen-bond donors (Lipinski definition) is 3. The number of carbonyl (C=O) groups is 3. The highest BCUT2D eigenvalue weighted by Gasteiger charge is 2.11. The normalized spacial score (nSPS) is 10.8. The van der Waals surface area contributed by atoms with Crippen LogP contribution in [0, 0.1) is 0 Å². The minimum atomic E-state index is -3.76. The van der Waals surface area contributed by atoms with Crippen molar-refractivity contribution in [3.05, 3.63) is 29.8 Å². The zero-order chi connectivity index (χ0) is 19.6. The van der Waals surface area contributed by atoms with Gasteiger partial charge in [0.2, 0.25) is 10.0 Å². The van der Waals surface area contributed by atoms with Crippen LogP contribution in [-0.2, 0) is 30.8 Å². The second-order valence-electron chi connectivity index (χ2n) is 5.51. The lowest BCUT2D eigenvalue weighted by atomic mass is 10.1. The summed E-state index contributed by atoms with van der Waals surface area (Å²) in [6, 6.07) is 5.15. The van der Waals surface area contributed by atoms with Gasteiger partial charge in [0.05, 0.1) is 4.90 Å². The lowest BCUT2D eigenvalue weighted by Gasteiger charge is -2.07. The Kier molecular flexibility index (Phi) is 8.73. The van der Waals surface area contributed by atoms with Crippen molar-refractivity contribution in [3.63, 3.8) is 0 Å². The van der Waals surface area contributed by atoms with Gasteiger partial charge in [0.25, 0.3) is 5.91 Å². The molecule has 3 amide bonds. The fourth-order valence-corrected chi connectivity index (χ4v) is 2.41. The van der Waals surface area contributed by atoms with Crippen LogP contribution in [0.2, 0.25) is 0 Å². The molecule has 10 heteroatoms. The number of nitrogens with one attached hydrogen (secondary N) is 2. The molecule has 0 aliphatic heterocycles. The summed E-state index contributed by atoms with van der Waals surface area (Å²) >= 11 is 0. The zero-order valence-electron chi connectivity index (χ0n) is 14.5. The van der Waals surface area contributed by atoms with Gasteiger partial charge in [-0.15, -0.1) is 0 Å². The quantitative estimate of drug-likeness (QED) is 0.415. The highest BCUT2D eigenvalue weighted by molar-refractivity contribution is 7.89. The zero-order valence-corrected chi connectivity index (χ0v) is 15.3. The first kappa shape index (κ1) is 21.6. The summed E-state index contributed by atoms with van der Waals surface area (Å²) in [6.07, 6.45) is 2.03. The monoisotopic (exact) mass is 385 g/mol. The molecule has 1 aromatic carbocycles. The van der Waals surface area contributed by atoms with Gasteiger partial charge in [0.15, 0.2) is 6.61 Å². The molecule has 1 aromatic rings. The van der Waals surface area contributed by atoms with E-state index in [1.165, 1.54) is 12.1 Å². The van der Waals surface area contributed by atoms with E-state index in [1.54, 1.807) is 12.1 Å². The van der Waals surface area contributed by atoms with E-state index in [9.17, 15) is 22.8 Å². The number of urea groups is 1. The molecule has 0 spiro atoms. The van der Waals surface area contributed by atoms with Crippen LogP contribution in [0.4, 0.5) is 4.79 Å². The Balaban J connectivity index is 2.30. The maximum absolute atomic E-state index is 11.6. The van der Waals surface area contributed by atoms with E-state index in [0.29, 0.717) is 18.5 Å². The molecule has 1 rings (SSSR count). The fraction of sp³-hybridized carbons (Fsp3) is 0.438. The molecular formula is C16H23N3O6S. The summed E-state index contributed by atoms with van der Waals surface area (Å²) < 4.78 is 27.1. The van der Waals surface area contributed by atoms with Gasteiger partial charge in [-0.25, -0.2) is 18.4 Å². The first-order valence-electron chi connectivity index (χ1n) is 8.07. The highest BCUT2D eigenvalue weighted by Crippen LogP contribution is 2.10. The number of hydrogen-bond acceptors (Lipinski definition) is 6. The van der Waals surface area contributed by atoms with Crippen molar-refractivity contribution in [3.8, 4) is 0 Å². The third kappa shape index (κ3) is 8.58. The Bertz CT molecular complexity index is 731. The molecule has 26 heavy (non-hydrogen) atoms. The molecule has 0 bridgehead atoms. The number of primary sulfonamides is 1. The van der Waals surface area contributed by atoms with Crippen molar-refractivity contribution in [2.45, 2.75) is 37.5 Å². The van der Waals surface area contributed by atoms with Crippen LogP contribution in [0.25, 0.3) is 0 Å². The molecule has 4 N–H and O–H groups in total. The third-order valence-corrected chi connectivity index (χ3v) is 4.23. The number of rotatable bonds is 9. The van der Waals surface area contributed by atoms with E-state index in [1.807, 2.05) is 6.92 Å². The molecule has 0 aromatic heterocycles. The van der Waals surface area contributed by atoms with E-state index in [4.69, 9.17) is 9.88 Å². The highest BCUT2D eigenvalue weighted by atomic mass is 32.2. The van der Waals surface area contributed by atoms with Crippen LogP contribution in [0.15, 0.2) is 29.2 Å². The van der Waals surface area contributed by atoms with Crippen LogP contribution < -0.4 is 15.8 Å². The Hall–Kier alpha value is -2.46. The molecule has 9 nitrogen and oxygen atoms in total. The minimum Gasteiger partial charge on any atom is -0.456 e. The van der Waals surface area contributed by atoms with Crippen LogP contribution >= 0.6 is 0 Å². The van der Waals surface area contributed by atoms with Gasteiger partial charge in [-0.3, -0.25) is 14.9 Å². The Morgan fingerprint density at radius 3 is 2.38 bits per heavy atom. The fourth-order valence-electron chi connectivity index (χ4n) is 1.90. The second-order valence-corrected chi connectivity index (χ2v) is 7.07. The lowest BCUT2D eigenvalue weighted by molar-refractivity contribution is -0.148. The Morgan fingerprint density at radius 1 is 1.15 bits per heavy atom. The molecule has 0 radical (unpaired) electrons. The van der Waals surface area contributed by atoms with Gasteiger partial charge in [-0.05, 0) is 30.5 Å². The number of amides is 3. The van der Waals surface area contributed by atoms with Crippen molar-refractivity contribution >= 4 is 27.9 Å². The van der Waals surface area contributed by atoms with Gasteiger partial charge < -0.3 is 10.1 Å². The minimum absolute atomic E-state index is 0.00466. The molecule has 0 unspecified atom stereocenters. The van der Waals surface area contributed by atoms with Crippen LogP contribution in [-0.4, -0.2) is 39.5 Å². The van der Waals surface area contributed by atoms with E-state index < -0.39 is 34.5 Å². The van der Waals surface area contributed by atoms with Crippen LogP contribution in [0.5, 0.6) is 0 Å². The van der Waals surface area contributed by atoms with Crippen molar-refractivity contribution in [2.24, 2.45) is 5.14 Å². The number of aryl methyl sites for hydroxylation is 1. The Morgan fingerprint density at radius 2 is 1.81 bits per heavy atom. The maximum Gasteiger partial charge on any atom is 0.321 e. The molecule has 0 aliphatic rings. The lowest BCUT2D eigenvalue weighted by Crippen LogP contribution is -2.41. The predicted molar refractivity (Wildman–Crippen MR) is 93.5 cm³/mol. The molecule has 0 fully saturated rings. The summed E-state index contributed by atoms with van der Waals surface area (Å²) in [5, 5.41) is 9.55. The number of unbranched alkanes of at least 4 members (excludes halogenated alkanes) is 1.